The molecule has 0 aliphatic carbocycles. The van der Waals surface area contributed by atoms with Gasteiger partial charge in [-0.3, -0.25) is 4.79 Å². The summed E-state index contributed by atoms with van der Waals surface area (Å²) in [6, 6.07) is 11.8. The third-order valence-electron chi connectivity index (χ3n) is 5.66. The monoisotopic (exact) mass is 408 g/mol. The Balaban J connectivity index is 1.42. The lowest BCUT2D eigenvalue weighted by Gasteiger charge is -2.31. The molecule has 7 heteroatoms. The predicted molar refractivity (Wildman–Crippen MR) is 117 cm³/mol. The highest BCUT2D eigenvalue weighted by Crippen LogP contribution is 2.26. The molecule has 0 spiro atoms. The van der Waals surface area contributed by atoms with Crippen LogP contribution in [0.5, 0.6) is 11.5 Å². The van der Waals surface area contributed by atoms with Gasteiger partial charge in [-0.05, 0) is 55.7 Å². The quantitative estimate of drug-likeness (QED) is 0.653. The predicted octanol–water partition coefficient (Wildman–Crippen LogP) is 3.42. The lowest BCUT2D eigenvalue weighted by Crippen LogP contribution is -2.43. The molecule has 1 aliphatic rings. The van der Waals surface area contributed by atoms with Crippen molar-refractivity contribution in [2.24, 2.45) is 5.92 Å². The zero-order valence-corrected chi connectivity index (χ0v) is 17.7. The van der Waals surface area contributed by atoms with Gasteiger partial charge in [-0.1, -0.05) is 6.07 Å². The van der Waals surface area contributed by atoms with Crippen molar-refractivity contribution in [3.05, 3.63) is 47.5 Å². The van der Waals surface area contributed by atoms with Crippen molar-refractivity contribution < 1.29 is 14.3 Å². The number of aromatic amines is 1. The second-order valence-electron chi connectivity index (χ2n) is 7.76. The molecule has 1 fully saturated rings. The third-order valence-corrected chi connectivity index (χ3v) is 5.66. The first-order valence-corrected chi connectivity index (χ1v) is 10.3. The van der Waals surface area contributed by atoms with E-state index in [1.807, 2.05) is 24.3 Å². The summed E-state index contributed by atoms with van der Waals surface area (Å²) in [6.07, 6.45) is 1.83. The molecule has 0 bridgehead atoms. The zero-order valence-electron chi connectivity index (χ0n) is 17.7. The van der Waals surface area contributed by atoms with Crippen molar-refractivity contribution in [3.8, 4) is 11.5 Å². The Kier molecular flexibility index (Phi) is 5.79. The largest absolute Gasteiger partial charge is 0.497 e. The molecule has 1 atom stereocenters. The maximum absolute atomic E-state index is 12.9. The van der Waals surface area contributed by atoms with Gasteiger partial charge >= 0.3 is 0 Å². The van der Waals surface area contributed by atoms with Crippen molar-refractivity contribution >= 4 is 22.9 Å². The zero-order chi connectivity index (χ0) is 21.1. The number of hydrogen-bond donors (Lipinski definition) is 2. The molecule has 3 aromatic rings. The molecule has 7 nitrogen and oxygen atoms in total. The summed E-state index contributed by atoms with van der Waals surface area (Å²) < 4.78 is 10.7. The number of H-pyrrole nitrogens is 1. The van der Waals surface area contributed by atoms with Gasteiger partial charge in [0.1, 0.15) is 11.5 Å². The number of ether oxygens (including phenoxy) is 2. The number of carbonyl (C=O) groups is 1. The van der Waals surface area contributed by atoms with Crippen LogP contribution in [0.1, 0.15) is 24.0 Å². The Bertz CT molecular complexity index is 1050. The number of aromatic nitrogens is 2. The first-order chi connectivity index (χ1) is 14.6. The average molecular weight is 409 g/mol. The number of carbonyl (C=O) groups excluding carboxylic acids is 1. The third kappa shape index (κ3) is 4.20. The van der Waals surface area contributed by atoms with E-state index >= 15 is 0 Å². The summed E-state index contributed by atoms with van der Waals surface area (Å²) in [5.41, 5.74) is 4.07. The number of nitrogens with one attached hydrogen (secondary N) is 2. The fourth-order valence-electron chi connectivity index (χ4n) is 3.99. The van der Waals surface area contributed by atoms with Crippen molar-refractivity contribution in [2.75, 3.05) is 32.2 Å². The summed E-state index contributed by atoms with van der Waals surface area (Å²) in [5, 5.41) is 3.07. The van der Waals surface area contributed by atoms with Gasteiger partial charge < -0.3 is 24.7 Å². The van der Waals surface area contributed by atoms with E-state index in [2.05, 4.69) is 34.3 Å². The molecule has 4 rings (SSSR count). The molecule has 1 aliphatic heterocycles. The van der Waals surface area contributed by atoms with E-state index in [-0.39, 0.29) is 11.8 Å². The Hall–Kier alpha value is -3.22. The summed E-state index contributed by atoms with van der Waals surface area (Å²) in [7, 11) is 3.25. The van der Waals surface area contributed by atoms with Crippen molar-refractivity contribution in [1.82, 2.24) is 15.3 Å². The smallest absolute Gasteiger partial charge is 0.225 e. The molecule has 2 aromatic carbocycles. The molecule has 30 heavy (non-hydrogen) atoms. The SMILES string of the molecule is COc1ccc(OC)c(CNC(=O)[C@H]2CCCN(c3nc4ccc(C)cc4[nH]3)C2)c1. The van der Waals surface area contributed by atoms with Crippen LogP contribution in [0, 0.1) is 12.8 Å². The first kappa shape index (κ1) is 20.1. The fourth-order valence-corrected chi connectivity index (χ4v) is 3.99. The van der Waals surface area contributed by atoms with E-state index in [1.54, 1.807) is 14.2 Å². The standard InChI is InChI=1S/C23H28N4O3/c1-15-6-8-19-20(11-15)26-23(25-19)27-10-4-5-16(14-27)22(28)24-13-17-12-18(29-2)7-9-21(17)30-3/h6-9,11-12,16H,4-5,10,13-14H2,1-3H3,(H,24,28)(H,25,26)/t16-/m0/s1. The second kappa shape index (κ2) is 8.65. The Morgan fingerprint density at radius 1 is 1.23 bits per heavy atom. The Morgan fingerprint density at radius 3 is 2.90 bits per heavy atom. The number of amides is 1. The second-order valence-corrected chi connectivity index (χ2v) is 7.76. The molecule has 1 aromatic heterocycles. The number of piperidine rings is 1. The van der Waals surface area contributed by atoms with Crippen LogP contribution in [0.2, 0.25) is 0 Å². The molecule has 0 radical (unpaired) electrons. The first-order valence-electron chi connectivity index (χ1n) is 10.3. The van der Waals surface area contributed by atoms with Gasteiger partial charge in [0.2, 0.25) is 11.9 Å². The Morgan fingerprint density at radius 2 is 2.10 bits per heavy atom. The number of anilines is 1. The van der Waals surface area contributed by atoms with Crippen LogP contribution in [0.4, 0.5) is 5.95 Å². The number of rotatable bonds is 6. The van der Waals surface area contributed by atoms with Gasteiger partial charge in [0.25, 0.3) is 0 Å². The molecule has 2 heterocycles. The Labute approximate surface area is 176 Å². The minimum atomic E-state index is -0.0784. The molecule has 0 unspecified atom stereocenters. The van der Waals surface area contributed by atoms with Crippen molar-refractivity contribution in [1.29, 1.82) is 0 Å². The molecule has 1 amide bonds. The highest BCUT2D eigenvalue weighted by Gasteiger charge is 2.27. The van der Waals surface area contributed by atoms with Gasteiger partial charge in [0.05, 0.1) is 31.2 Å². The average Bonchev–Trinajstić information content (AvgIpc) is 3.20. The molecule has 1 saturated heterocycles. The van der Waals surface area contributed by atoms with E-state index in [1.165, 1.54) is 5.56 Å². The van der Waals surface area contributed by atoms with Gasteiger partial charge in [0.15, 0.2) is 0 Å². The number of hydrogen-bond acceptors (Lipinski definition) is 5. The molecule has 158 valence electrons. The van der Waals surface area contributed by atoms with Crippen molar-refractivity contribution in [2.45, 2.75) is 26.3 Å². The van der Waals surface area contributed by atoms with E-state index in [4.69, 9.17) is 14.5 Å². The lowest BCUT2D eigenvalue weighted by atomic mass is 9.97. The van der Waals surface area contributed by atoms with E-state index in [0.717, 1.165) is 53.4 Å². The normalized spacial score (nSPS) is 16.5. The molecule has 0 saturated carbocycles. The van der Waals surface area contributed by atoms with Crippen LogP contribution in [-0.2, 0) is 11.3 Å². The number of benzene rings is 2. The maximum Gasteiger partial charge on any atom is 0.225 e. The summed E-state index contributed by atoms with van der Waals surface area (Å²) in [5.74, 6) is 2.28. The van der Waals surface area contributed by atoms with Crippen molar-refractivity contribution in [3.63, 3.8) is 0 Å². The van der Waals surface area contributed by atoms with Crippen LogP contribution in [0.3, 0.4) is 0 Å². The lowest BCUT2D eigenvalue weighted by molar-refractivity contribution is -0.125. The van der Waals surface area contributed by atoms with E-state index in [0.29, 0.717) is 13.1 Å². The summed E-state index contributed by atoms with van der Waals surface area (Å²) >= 11 is 0. The van der Waals surface area contributed by atoms with E-state index in [9.17, 15) is 4.79 Å². The van der Waals surface area contributed by atoms with Crippen LogP contribution >= 0.6 is 0 Å². The summed E-state index contributed by atoms with van der Waals surface area (Å²) in [4.78, 5) is 23.2. The summed E-state index contributed by atoms with van der Waals surface area (Å²) in [6.45, 7) is 4.02. The fraction of sp³-hybridized carbons (Fsp3) is 0.391. The van der Waals surface area contributed by atoms with Gasteiger partial charge in [-0.25, -0.2) is 4.98 Å². The van der Waals surface area contributed by atoms with Crippen LogP contribution < -0.4 is 19.7 Å². The number of aryl methyl sites for hydroxylation is 1. The number of fused-ring (bicyclic) bond motifs is 1. The number of nitrogens with zero attached hydrogens (tertiary/aromatic N) is 2. The molecular weight excluding hydrogens is 380 g/mol. The van der Waals surface area contributed by atoms with Crippen LogP contribution in [-0.4, -0.2) is 43.2 Å². The molecule has 2 N–H and O–H groups in total. The highest BCUT2D eigenvalue weighted by molar-refractivity contribution is 5.80. The van der Waals surface area contributed by atoms with Gasteiger partial charge in [0, 0.05) is 25.2 Å². The van der Waals surface area contributed by atoms with Gasteiger partial charge in [-0.15, -0.1) is 0 Å². The van der Waals surface area contributed by atoms with Gasteiger partial charge in [-0.2, -0.15) is 0 Å². The highest BCUT2D eigenvalue weighted by atomic mass is 16.5. The van der Waals surface area contributed by atoms with Crippen LogP contribution in [0.15, 0.2) is 36.4 Å². The maximum atomic E-state index is 12.9. The molecular formula is C23H28N4O3. The van der Waals surface area contributed by atoms with E-state index < -0.39 is 0 Å². The minimum Gasteiger partial charge on any atom is -0.497 e. The number of methoxy groups -OCH3 is 2. The minimum absolute atomic E-state index is 0.0523. The number of imidazole rings is 1. The topological polar surface area (TPSA) is 79.5 Å². The van der Waals surface area contributed by atoms with Crippen LogP contribution in [0.25, 0.3) is 11.0 Å².